The average Bonchev–Trinajstić information content (AvgIpc) is 2.44. The Bertz CT molecular complexity index is 254. The SMILES string of the molecule is CCCCCCCCCCCC(=O)N(C)CC(C)N(C)C. The highest BCUT2D eigenvalue weighted by Crippen LogP contribution is 2.11. The van der Waals surface area contributed by atoms with E-state index in [9.17, 15) is 4.79 Å². The molecule has 0 aromatic rings. The van der Waals surface area contributed by atoms with Gasteiger partial charge in [0.25, 0.3) is 0 Å². The van der Waals surface area contributed by atoms with Crippen LogP contribution in [0.4, 0.5) is 0 Å². The molecule has 1 unspecified atom stereocenters. The Labute approximate surface area is 133 Å². The quantitative estimate of drug-likeness (QED) is 0.473. The van der Waals surface area contributed by atoms with E-state index in [-0.39, 0.29) is 0 Å². The predicted octanol–water partition coefficient (Wildman–Crippen LogP) is 4.32. The van der Waals surface area contributed by atoms with E-state index in [1.54, 1.807) is 0 Å². The lowest BCUT2D eigenvalue weighted by Gasteiger charge is -2.26. The second kappa shape index (κ2) is 13.1. The van der Waals surface area contributed by atoms with E-state index in [4.69, 9.17) is 0 Å². The van der Waals surface area contributed by atoms with Gasteiger partial charge in [-0.15, -0.1) is 0 Å². The monoisotopic (exact) mass is 298 g/mol. The van der Waals surface area contributed by atoms with Crippen molar-refractivity contribution in [3.8, 4) is 0 Å². The van der Waals surface area contributed by atoms with Crippen LogP contribution in [0.25, 0.3) is 0 Å². The van der Waals surface area contributed by atoms with Crippen LogP contribution in [0, 0.1) is 0 Å². The molecule has 0 fully saturated rings. The van der Waals surface area contributed by atoms with Crippen LogP contribution in [0.1, 0.15) is 78.1 Å². The number of nitrogens with zero attached hydrogens (tertiary/aromatic N) is 2. The normalized spacial score (nSPS) is 12.7. The van der Waals surface area contributed by atoms with E-state index in [2.05, 4.69) is 32.8 Å². The summed E-state index contributed by atoms with van der Waals surface area (Å²) in [4.78, 5) is 16.1. The van der Waals surface area contributed by atoms with E-state index < -0.39 is 0 Å². The Morgan fingerprint density at radius 1 is 0.857 bits per heavy atom. The highest BCUT2D eigenvalue weighted by Gasteiger charge is 2.13. The number of rotatable bonds is 13. The minimum absolute atomic E-state index is 0.298. The molecule has 3 nitrogen and oxygen atoms in total. The van der Waals surface area contributed by atoms with Gasteiger partial charge in [0.2, 0.25) is 5.91 Å². The number of hydrogen-bond donors (Lipinski definition) is 0. The van der Waals surface area contributed by atoms with Gasteiger partial charge in [-0.3, -0.25) is 4.79 Å². The van der Waals surface area contributed by atoms with Crippen LogP contribution in [0.2, 0.25) is 0 Å². The van der Waals surface area contributed by atoms with Crippen molar-refractivity contribution in [2.45, 2.75) is 84.1 Å². The molecule has 0 aromatic carbocycles. The Morgan fingerprint density at radius 3 is 1.81 bits per heavy atom. The molecule has 126 valence electrons. The predicted molar refractivity (Wildman–Crippen MR) is 92.6 cm³/mol. The smallest absolute Gasteiger partial charge is 0.222 e. The lowest BCUT2D eigenvalue weighted by molar-refractivity contribution is -0.130. The molecule has 0 radical (unpaired) electrons. The highest BCUT2D eigenvalue weighted by atomic mass is 16.2. The van der Waals surface area contributed by atoms with Crippen molar-refractivity contribution < 1.29 is 4.79 Å². The third kappa shape index (κ3) is 11.7. The summed E-state index contributed by atoms with van der Waals surface area (Å²) in [5.74, 6) is 0.298. The maximum atomic E-state index is 12.0. The lowest BCUT2D eigenvalue weighted by Crippen LogP contribution is -2.39. The maximum absolute atomic E-state index is 12.0. The van der Waals surface area contributed by atoms with Crippen molar-refractivity contribution in [1.82, 2.24) is 9.80 Å². The fraction of sp³-hybridized carbons (Fsp3) is 0.944. The van der Waals surface area contributed by atoms with Gasteiger partial charge in [-0.25, -0.2) is 0 Å². The minimum Gasteiger partial charge on any atom is -0.344 e. The number of unbranched alkanes of at least 4 members (excludes halogenated alkanes) is 8. The zero-order valence-electron chi connectivity index (χ0n) is 15.2. The van der Waals surface area contributed by atoms with Crippen molar-refractivity contribution >= 4 is 5.91 Å². The highest BCUT2D eigenvalue weighted by molar-refractivity contribution is 5.75. The second-order valence-electron chi connectivity index (χ2n) is 6.67. The van der Waals surface area contributed by atoms with Crippen LogP contribution in [0.15, 0.2) is 0 Å². The van der Waals surface area contributed by atoms with Crippen LogP contribution in [-0.2, 0) is 4.79 Å². The Hall–Kier alpha value is -0.570. The molecule has 0 saturated carbocycles. The zero-order valence-corrected chi connectivity index (χ0v) is 15.2. The van der Waals surface area contributed by atoms with Gasteiger partial charge >= 0.3 is 0 Å². The number of carbonyl (C=O) groups excluding carboxylic acids is 1. The minimum atomic E-state index is 0.298. The largest absolute Gasteiger partial charge is 0.344 e. The number of carbonyl (C=O) groups is 1. The van der Waals surface area contributed by atoms with Gasteiger partial charge in [-0.1, -0.05) is 58.3 Å². The molecule has 0 heterocycles. The van der Waals surface area contributed by atoms with Crippen LogP contribution in [-0.4, -0.2) is 49.4 Å². The van der Waals surface area contributed by atoms with E-state index in [0.29, 0.717) is 18.4 Å². The summed E-state index contributed by atoms with van der Waals surface area (Å²) in [5, 5.41) is 0. The molecule has 0 rings (SSSR count). The third-order valence-electron chi connectivity index (χ3n) is 4.34. The Kier molecular flexibility index (Phi) is 12.8. The summed E-state index contributed by atoms with van der Waals surface area (Å²) >= 11 is 0. The van der Waals surface area contributed by atoms with E-state index >= 15 is 0 Å². The molecule has 0 spiro atoms. The average molecular weight is 299 g/mol. The molecule has 3 heteroatoms. The zero-order chi connectivity index (χ0) is 16.1. The first kappa shape index (κ1) is 20.4. The van der Waals surface area contributed by atoms with Gasteiger partial charge in [0, 0.05) is 26.1 Å². The van der Waals surface area contributed by atoms with Crippen LogP contribution in [0.3, 0.4) is 0 Å². The molecule has 0 N–H and O–H groups in total. The van der Waals surface area contributed by atoms with Crippen molar-refractivity contribution in [1.29, 1.82) is 0 Å². The van der Waals surface area contributed by atoms with Crippen molar-refractivity contribution in [2.24, 2.45) is 0 Å². The van der Waals surface area contributed by atoms with E-state index in [1.807, 2.05) is 11.9 Å². The van der Waals surface area contributed by atoms with Gasteiger partial charge in [0.15, 0.2) is 0 Å². The third-order valence-corrected chi connectivity index (χ3v) is 4.34. The first-order valence-corrected chi connectivity index (χ1v) is 8.89. The Balaban J connectivity index is 3.48. The Morgan fingerprint density at radius 2 is 1.33 bits per heavy atom. The fourth-order valence-corrected chi connectivity index (χ4v) is 2.44. The summed E-state index contributed by atoms with van der Waals surface area (Å²) in [6.45, 7) is 5.24. The van der Waals surface area contributed by atoms with Gasteiger partial charge in [0.05, 0.1) is 0 Å². The molecule has 0 aliphatic heterocycles. The second-order valence-corrected chi connectivity index (χ2v) is 6.67. The molecule has 0 bridgehead atoms. The van der Waals surface area contributed by atoms with Crippen molar-refractivity contribution in [3.63, 3.8) is 0 Å². The van der Waals surface area contributed by atoms with Gasteiger partial charge < -0.3 is 9.80 Å². The molecule has 1 amide bonds. The van der Waals surface area contributed by atoms with Crippen molar-refractivity contribution in [2.75, 3.05) is 27.7 Å². The topological polar surface area (TPSA) is 23.6 Å². The molecule has 21 heavy (non-hydrogen) atoms. The van der Waals surface area contributed by atoms with Gasteiger partial charge in [-0.05, 0) is 27.4 Å². The molecular weight excluding hydrogens is 260 g/mol. The molecule has 0 aliphatic rings. The standard InChI is InChI=1S/C18H38N2O/c1-6-7-8-9-10-11-12-13-14-15-18(21)20(5)16-17(2)19(3)4/h17H,6-16H2,1-5H3. The first-order valence-electron chi connectivity index (χ1n) is 8.89. The number of likely N-dealkylation sites (N-methyl/N-ethyl adjacent to an activating group) is 2. The van der Waals surface area contributed by atoms with Crippen LogP contribution >= 0.6 is 0 Å². The molecule has 1 atom stereocenters. The summed E-state index contributed by atoms with van der Waals surface area (Å²) in [7, 11) is 6.04. The molecule has 0 aromatic heterocycles. The summed E-state index contributed by atoms with van der Waals surface area (Å²) in [6, 6.07) is 0.419. The molecular formula is C18H38N2O. The fourth-order valence-electron chi connectivity index (χ4n) is 2.44. The summed E-state index contributed by atoms with van der Waals surface area (Å²) in [6.07, 6.45) is 12.4. The van der Waals surface area contributed by atoms with Gasteiger partial charge in [0.1, 0.15) is 0 Å². The van der Waals surface area contributed by atoms with Crippen LogP contribution in [0.5, 0.6) is 0 Å². The number of amides is 1. The summed E-state index contributed by atoms with van der Waals surface area (Å²) in [5.41, 5.74) is 0. The number of hydrogen-bond acceptors (Lipinski definition) is 2. The molecule has 0 saturated heterocycles. The van der Waals surface area contributed by atoms with E-state index in [0.717, 1.165) is 13.0 Å². The maximum Gasteiger partial charge on any atom is 0.222 e. The van der Waals surface area contributed by atoms with E-state index in [1.165, 1.54) is 51.4 Å². The van der Waals surface area contributed by atoms with Gasteiger partial charge in [-0.2, -0.15) is 0 Å². The van der Waals surface area contributed by atoms with Crippen molar-refractivity contribution in [3.05, 3.63) is 0 Å². The first-order chi connectivity index (χ1) is 9.99. The molecule has 0 aliphatic carbocycles. The van der Waals surface area contributed by atoms with Crippen LogP contribution < -0.4 is 0 Å². The lowest BCUT2D eigenvalue weighted by atomic mass is 10.1. The summed E-state index contributed by atoms with van der Waals surface area (Å²) < 4.78 is 0.